The molecule has 1 rings (SSSR count). The second-order valence-corrected chi connectivity index (χ2v) is 2.69. The van der Waals surface area contributed by atoms with Gasteiger partial charge in [0.15, 0.2) is 0 Å². The van der Waals surface area contributed by atoms with Crippen molar-refractivity contribution in [2.75, 3.05) is 0 Å². The highest BCUT2D eigenvalue weighted by molar-refractivity contribution is 5.23. The summed E-state index contributed by atoms with van der Waals surface area (Å²) < 4.78 is 1.83. The van der Waals surface area contributed by atoms with E-state index in [9.17, 15) is 0 Å². The van der Waals surface area contributed by atoms with Gasteiger partial charge in [-0.25, -0.2) is 0 Å². The molecule has 64 valence electrons. The van der Waals surface area contributed by atoms with Crippen LogP contribution in [0.3, 0.4) is 0 Å². The summed E-state index contributed by atoms with van der Waals surface area (Å²) in [5, 5.41) is 7.73. The number of nitrogens with zero attached hydrogens (tertiary/aromatic N) is 3. The quantitative estimate of drug-likeness (QED) is 0.541. The number of hydrogen-bond donors (Lipinski definition) is 1. The van der Waals surface area contributed by atoms with Crippen LogP contribution in [0.2, 0.25) is 0 Å². The Kier molecular flexibility index (Phi) is 2.46. The zero-order valence-electron chi connectivity index (χ0n) is 7.50. The Morgan fingerprint density at radius 3 is 2.58 bits per heavy atom. The second-order valence-electron chi connectivity index (χ2n) is 2.69. The van der Waals surface area contributed by atoms with Crippen LogP contribution in [-0.4, -0.2) is 20.8 Å². The van der Waals surface area contributed by atoms with Crippen LogP contribution in [0.5, 0.6) is 0 Å². The van der Waals surface area contributed by atoms with Gasteiger partial charge in [0.1, 0.15) is 5.82 Å². The average Bonchev–Trinajstić information content (AvgIpc) is 2.30. The zero-order chi connectivity index (χ0) is 9.14. The lowest BCUT2D eigenvalue weighted by Gasteiger charge is -1.92. The summed E-state index contributed by atoms with van der Waals surface area (Å²) >= 11 is 0. The molecular weight excluding hydrogens is 152 g/mol. The molecular formula is C8H12N4. The Morgan fingerprint density at radius 2 is 2.17 bits per heavy atom. The number of rotatable bonds is 0. The molecule has 0 aromatic carbocycles. The van der Waals surface area contributed by atoms with Crippen LogP contribution in [-0.2, 0) is 7.05 Å². The lowest BCUT2D eigenvalue weighted by Crippen LogP contribution is -2.11. The third-order valence-electron chi connectivity index (χ3n) is 1.50. The molecule has 0 aliphatic carbocycles. The molecule has 0 saturated carbocycles. The molecule has 1 aromatic heterocycles. The van der Waals surface area contributed by atoms with Crippen molar-refractivity contribution in [1.29, 1.82) is 0 Å². The smallest absolute Gasteiger partial charge is 0.207 e. The van der Waals surface area contributed by atoms with Crippen LogP contribution in [0.25, 0.3) is 0 Å². The minimum atomic E-state index is -0.123. The summed E-state index contributed by atoms with van der Waals surface area (Å²) in [6.45, 7) is 3.71. The fourth-order valence-electron chi connectivity index (χ4n) is 0.694. The normalized spacial score (nSPS) is 12.0. The molecule has 0 saturated heterocycles. The molecule has 0 bridgehead atoms. The number of aryl methyl sites for hydroxylation is 1. The van der Waals surface area contributed by atoms with Gasteiger partial charge in [-0.2, -0.15) is 0 Å². The largest absolute Gasteiger partial charge is 0.318 e. The van der Waals surface area contributed by atoms with E-state index in [0.717, 1.165) is 5.82 Å². The van der Waals surface area contributed by atoms with E-state index in [1.54, 1.807) is 0 Å². The summed E-state index contributed by atoms with van der Waals surface area (Å²) in [4.78, 5) is 0. The molecule has 0 aliphatic rings. The Labute approximate surface area is 71.8 Å². The fourth-order valence-corrected chi connectivity index (χ4v) is 0.694. The minimum absolute atomic E-state index is 0.123. The van der Waals surface area contributed by atoms with Crippen molar-refractivity contribution in [2.45, 2.75) is 19.9 Å². The molecule has 0 aliphatic heterocycles. The first kappa shape index (κ1) is 8.75. The molecule has 1 unspecified atom stereocenters. The maximum absolute atomic E-state index is 5.47. The van der Waals surface area contributed by atoms with Gasteiger partial charge < -0.3 is 10.3 Å². The highest BCUT2D eigenvalue weighted by Gasteiger charge is 1.99. The van der Waals surface area contributed by atoms with Gasteiger partial charge in [0.2, 0.25) is 5.82 Å². The molecule has 1 heterocycles. The van der Waals surface area contributed by atoms with E-state index in [1.165, 1.54) is 0 Å². The van der Waals surface area contributed by atoms with E-state index in [1.807, 2.05) is 25.5 Å². The molecule has 0 fully saturated rings. The first-order chi connectivity index (χ1) is 5.61. The predicted octanol–water partition coefficient (Wildman–Crippen LogP) is -0.178. The Morgan fingerprint density at radius 1 is 1.50 bits per heavy atom. The molecule has 0 spiro atoms. The van der Waals surface area contributed by atoms with Crippen molar-refractivity contribution in [3.63, 3.8) is 0 Å². The molecule has 1 atom stereocenters. The van der Waals surface area contributed by atoms with E-state index in [4.69, 9.17) is 5.73 Å². The van der Waals surface area contributed by atoms with Gasteiger partial charge in [0.25, 0.3) is 0 Å². The molecule has 0 radical (unpaired) electrons. The van der Waals surface area contributed by atoms with Crippen molar-refractivity contribution in [1.82, 2.24) is 14.8 Å². The SMILES string of the molecule is Cc1nnc(C#CC(C)N)n1C. The standard InChI is InChI=1S/C8H12N4/c1-6(9)4-5-8-11-10-7(2)12(8)3/h6H,9H2,1-3H3. The highest BCUT2D eigenvalue weighted by atomic mass is 15.3. The molecule has 1 aromatic rings. The van der Waals surface area contributed by atoms with E-state index in [2.05, 4.69) is 22.0 Å². The van der Waals surface area contributed by atoms with Crippen LogP contribution in [0, 0.1) is 18.8 Å². The van der Waals surface area contributed by atoms with Gasteiger partial charge in [-0.1, -0.05) is 5.92 Å². The summed E-state index contributed by atoms with van der Waals surface area (Å²) in [6, 6.07) is -0.123. The average molecular weight is 164 g/mol. The van der Waals surface area contributed by atoms with Gasteiger partial charge >= 0.3 is 0 Å². The van der Waals surface area contributed by atoms with Gasteiger partial charge in [-0.15, -0.1) is 10.2 Å². The van der Waals surface area contributed by atoms with Crippen LogP contribution in [0.4, 0.5) is 0 Å². The lowest BCUT2D eigenvalue weighted by atomic mass is 10.3. The predicted molar refractivity (Wildman–Crippen MR) is 46.3 cm³/mol. The molecule has 4 heteroatoms. The van der Waals surface area contributed by atoms with Gasteiger partial charge in [0, 0.05) is 7.05 Å². The van der Waals surface area contributed by atoms with Crippen molar-refractivity contribution in [2.24, 2.45) is 12.8 Å². The minimum Gasteiger partial charge on any atom is -0.318 e. The zero-order valence-corrected chi connectivity index (χ0v) is 7.50. The molecule has 12 heavy (non-hydrogen) atoms. The second kappa shape index (κ2) is 3.37. The Balaban J connectivity index is 2.92. The van der Waals surface area contributed by atoms with Crippen molar-refractivity contribution in [3.8, 4) is 11.8 Å². The first-order valence-corrected chi connectivity index (χ1v) is 3.74. The molecule has 2 N–H and O–H groups in total. The van der Waals surface area contributed by atoms with Crippen LogP contribution in [0.1, 0.15) is 18.6 Å². The van der Waals surface area contributed by atoms with E-state index < -0.39 is 0 Å². The third kappa shape index (κ3) is 1.83. The molecule has 4 nitrogen and oxygen atoms in total. The number of hydrogen-bond acceptors (Lipinski definition) is 3. The first-order valence-electron chi connectivity index (χ1n) is 3.74. The maximum atomic E-state index is 5.47. The van der Waals surface area contributed by atoms with Gasteiger partial charge in [0.05, 0.1) is 6.04 Å². The third-order valence-corrected chi connectivity index (χ3v) is 1.50. The Bertz CT molecular complexity index is 327. The van der Waals surface area contributed by atoms with Crippen molar-refractivity contribution in [3.05, 3.63) is 11.6 Å². The summed E-state index contributed by atoms with van der Waals surface area (Å²) in [5.74, 6) is 7.18. The summed E-state index contributed by atoms with van der Waals surface area (Å²) in [6.07, 6.45) is 0. The van der Waals surface area contributed by atoms with Crippen molar-refractivity contribution < 1.29 is 0 Å². The van der Waals surface area contributed by atoms with E-state index in [0.29, 0.717) is 5.82 Å². The topological polar surface area (TPSA) is 56.7 Å². The maximum Gasteiger partial charge on any atom is 0.207 e. The lowest BCUT2D eigenvalue weighted by molar-refractivity contribution is 0.845. The monoisotopic (exact) mass is 164 g/mol. The Hall–Kier alpha value is -1.34. The summed E-state index contributed by atoms with van der Waals surface area (Å²) in [7, 11) is 1.88. The van der Waals surface area contributed by atoms with Gasteiger partial charge in [-0.05, 0) is 19.8 Å². The van der Waals surface area contributed by atoms with Crippen LogP contribution in [0.15, 0.2) is 0 Å². The van der Waals surface area contributed by atoms with Crippen molar-refractivity contribution >= 4 is 0 Å². The van der Waals surface area contributed by atoms with Crippen LogP contribution < -0.4 is 5.73 Å². The number of nitrogens with two attached hydrogens (primary N) is 1. The number of aromatic nitrogens is 3. The fraction of sp³-hybridized carbons (Fsp3) is 0.500. The van der Waals surface area contributed by atoms with Gasteiger partial charge in [-0.3, -0.25) is 0 Å². The van der Waals surface area contributed by atoms with Crippen LogP contribution >= 0.6 is 0 Å². The highest BCUT2D eigenvalue weighted by Crippen LogP contribution is 1.94. The van der Waals surface area contributed by atoms with E-state index in [-0.39, 0.29) is 6.04 Å². The summed E-state index contributed by atoms with van der Waals surface area (Å²) in [5.41, 5.74) is 5.47. The molecule has 0 amide bonds. The van der Waals surface area contributed by atoms with E-state index >= 15 is 0 Å².